The highest BCUT2D eigenvalue weighted by molar-refractivity contribution is 6.79. The van der Waals surface area contributed by atoms with Gasteiger partial charge in [0.1, 0.15) is 11.5 Å². The lowest BCUT2D eigenvalue weighted by atomic mass is 10.1. The second-order valence-electron chi connectivity index (χ2n) is 7.50. The summed E-state index contributed by atoms with van der Waals surface area (Å²) < 4.78 is 19.1. The molecule has 0 fully saturated rings. The van der Waals surface area contributed by atoms with Gasteiger partial charge in [-0.25, -0.2) is 0 Å². The smallest absolute Gasteiger partial charge is 0.384 e. The zero-order chi connectivity index (χ0) is 18.8. The summed E-state index contributed by atoms with van der Waals surface area (Å²) >= 11 is 0. The molecule has 2 rings (SSSR count). The molecule has 5 heteroatoms. The van der Waals surface area contributed by atoms with E-state index < -0.39 is 17.1 Å². The molecule has 2 aromatic rings. The molecular formula is C20H30O3Si2. The van der Waals surface area contributed by atoms with Gasteiger partial charge in [-0.1, -0.05) is 24.3 Å². The number of hydrogen-bond acceptors (Lipinski definition) is 3. The maximum Gasteiger partial charge on any atom is 0.384 e. The van der Waals surface area contributed by atoms with E-state index in [0.717, 1.165) is 11.5 Å². The molecule has 0 aromatic heterocycles. The molecule has 136 valence electrons. The van der Waals surface area contributed by atoms with Crippen molar-refractivity contribution in [1.29, 1.82) is 0 Å². The van der Waals surface area contributed by atoms with Crippen molar-refractivity contribution in [3.63, 3.8) is 0 Å². The molecule has 0 unspecified atom stereocenters. The van der Waals surface area contributed by atoms with Crippen LogP contribution in [0.25, 0.3) is 0 Å². The van der Waals surface area contributed by atoms with Crippen molar-refractivity contribution in [3.05, 3.63) is 58.7 Å². The average Bonchev–Trinajstić information content (AvgIpc) is 2.47. The van der Waals surface area contributed by atoms with Gasteiger partial charge in [0.15, 0.2) is 0 Å². The van der Waals surface area contributed by atoms with Gasteiger partial charge in [-0.2, -0.15) is 0 Å². The Balaban J connectivity index is 2.14. The van der Waals surface area contributed by atoms with Crippen LogP contribution in [-0.4, -0.2) is 17.1 Å². The zero-order valence-corrected chi connectivity index (χ0v) is 18.7. The average molecular weight is 375 g/mol. The number of benzene rings is 2. The quantitative estimate of drug-likeness (QED) is 0.598. The summed E-state index contributed by atoms with van der Waals surface area (Å²) in [5.41, 5.74) is 4.79. The Morgan fingerprint density at radius 3 is 1.32 bits per heavy atom. The molecule has 0 amide bonds. The van der Waals surface area contributed by atoms with Gasteiger partial charge < -0.3 is 13.0 Å². The molecule has 2 aromatic carbocycles. The molecule has 0 atom stereocenters. The molecule has 25 heavy (non-hydrogen) atoms. The summed E-state index contributed by atoms with van der Waals surface area (Å²) in [5, 5.41) is 0. The third-order valence-corrected chi connectivity index (χ3v) is 9.67. The fourth-order valence-corrected chi connectivity index (χ4v) is 9.40. The minimum Gasteiger partial charge on any atom is -0.521 e. The molecule has 0 aliphatic rings. The molecule has 3 nitrogen and oxygen atoms in total. The molecule has 0 saturated heterocycles. The second kappa shape index (κ2) is 7.35. The van der Waals surface area contributed by atoms with E-state index in [4.69, 9.17) is 13.0 Å². The predicted molar refractivity (Wildman–Crippen MR) is 109 cm³/mol. The Kier molecular flexibility index (Phi) is 5.81. The van der Waals surface area contributed by atoms with Gasteiger partial charge in [0.05, 0.1) is 0 Å². The lowest BCUT2D eigenvalue weighted by molar-refractivity contribution is 0.332. The third-order valence-electron chi connectivity index (χ3n) is 4.31. The lowest BCUT2D eigenvalue weighted by Crippen LogP contribution is -2.52. The predicted octanol–water partition coefficient (Wildman–Crippen LogP) is 5.80. The fourth-order valence-electron chi connectivity index (χ4n) is 2.83. The summed E-state index contributed by atoms with van der Waals surface area (Å²) in [6.45, 7) is 16.7. The highest BCUT2D eigenvalue weighted by atomic mass is 28.5. The van der Waals surface area contributed by atoms with Crippen LogP contribution in [0, 0.1) is 27.7 Å². The van der Waals surface area contributed by atoms with Gasteiger partial charge in [-0.3, -0.25) is 0 Å². The first kappa shape index (κ1) is 19.8. The third kappa shape index (κ3) is 5.20. The molecule has 0 radical (unpaired) electrons. The number of aryl methyl sites for hydroxylation is 2. The first-order valence-electron chi connectivity index (χ1n) is 8.71. The van der Waals surface area contributed by atoms with E-state index >= 15 is 0 Å². The first-order valence-corrected chi connectivity index (χ1v) is 14.3. The van der Waals surface area contributed by atoms with Gasteiger partial charge in [0.2, 0.25) is 0 Å². The summed E-state index contributed by atoms with van der Waals surface area (Å²) in [6.07, 6.45) is 0. The van der Waals surface area contributed by atoms with E-state index in [1.165, 1.54) is 22.3 Å². The normalized spacial score (nSPS) is 12.2. The maximum absolute atomic E-state index is 6.46. The van der Waals surface area contributed by atoms with E-state index in [0.29, 0.717) is 0 Å². The number of hydrogen-bond donors (Lipinski definition) is 0. The molecule has 0 aliphatic carbocycles. The van der Waals surface area contributed by atoms with Crippen LogP contribution in [0.2, 0.25) is 26.2 Å². The molecule has 0 spiro atoms. The standard InChI is InChI=1S/C20H30O3Si2/c1-15-11-9-13-19(17(15)3)21-24(5,6)23-25(7,8)22-20-14-10-12-16(2)18(20)4/h9-14H,1-8H3. The lowest BCUT2D eigenvalue weighted by Gasteiger charge is -2.34. The molecule has 0 aliphatic heterocycles. The minimum atomic E-state index is -2.38. The minimum absolute atomic E-state index is 0.910. The molecule has 0 heterocycles. The SMILES string of the molecule is Cc1cccc(O[Si](C)(C)O[Si](C)(C)Oc2cccc(C)c2C)c1C. The van der Waals surface area contributed by atoms with Crippen molar-refractivity contribution in [3.8, 4) is 11.5 Å². The van der Waals surface area contributed by atoms with Crippen LogP contribution in [0.4, 0.5) is 0 Å². The Hall–Kier alpha value is -1.57. The van der Waals surface area contributed by atoms with Crippen LogP contribution >= 0.6 is 0 Å². The second-order valence-corrected chi connectivity index (χ2v) is 14.3. The van der Waals surface area contributed by atoms with Crippen LogP contribution < -0.4 is 8.85 Å². The van der Waals surface area contributed by atoms with E-state index in [2.05, 4.69) is 66.0 Å². The van der Waals surface area contributed by atoms with Crippen molar-refractivity contribution in [1.82, 2.24) is 0 Å². The monoisotopic (exact) mass is 374 g/mol. The molecule has 0 bridgehead atoms. The summed E-state index contributed by atoms with van der Waals surface area (Å²) in [5.74, 6) is 1.82. The van der Waals surface area contributed by atoms with Crippen molar-refractivity contribution in [2.45, 2.75) is 53.9 Å². The number of rotatable bonds is 6. The highest BCUT2D eigenvalue weighted by Gasteiger charge is 2.39. The molecular weight excluding hydrogens is 344 g/mol. The van der Waals surface area contributed by atoms with Crippen molar-refractivity contribution in [2.75, 3.05) is 0 Å². The van der Waals surface area contributed by atoms with Gasteiger partial charge >= 0.3 is 17.1 Å². The van der Waals surface area contributed by atoms with Crippen LogP contribution in [0.3, 0.4) is 0 Å². The highest BCUT2D eigenvalue weighted by Crippen LogP contribution is 2.28. The maximum atomic E-state index is 6.46. The van der Waals surface area contributed by atoms with Crippen molar-refractivity contribution in [2.24, 2.45) is 0 Å². The zero-order valence-electron chi connectivity index (χ0n) is 16.7. The van der Waals surface area contributed by atoms with Gasteiger partial charge in [-0.15, -0.1) is 0 Å². The Bertz CT molecular complexity index is 691. The fraction of sp³-hybridized carbons (Fsp3) is 0.400. The van der Waals surface area contributed by atoms with Gasteiger partial charge in [0, 0.05) is 0 Å². The topological polar surface area (TPSA) is 27.7 Å². The summed E-state index contributed by atoms with van der Waals surface area (Å²) in [6, 6.07) is 12.3. The first-order chi connectivity index (χ1) is 11.5. The van der Waals surface area contributed by atoms with E-state index in [1.54, 1.807) is 0 Å². The van der Waals surface area contributed by atoms with Crippen LogP contribution in [0.1, 0.15) is 22.3 Å². The Morgan fingerprint density at radius 1 is 0.600 bits per heavy atom. The van der Waals surface area contributed by atoms with E-state index in [1.807, 2.05) is 24.3 Å². The Labute approximate surface area is 154 Å². The van der Waals surface area contributed by atoms with Crippen molar-refractivity contribution < 1.29 is 13.0 Å². The van der Waals surface area contributed by atoms with Gasteiger partial charge in [0.25, 0.3) is 0 Å². The van der Waals surface area contributed by atoms with Crippen LogP contribution in [-0.2, 0) is 4.12 Å². The summed E-state index contributed by atoms with van der Waals surface area (Å²) in [4.78, 5) is 0. The van der Waals surface area contributed by atoms with Gasteiger partial charge in [-0.05, 0) is 88.3 Å². The van der Waals surface area contributed by atoms with E-state index in [9.17, 15) is 0 Å². The van der Waals surface area contributed by atoms with Crippen molar-refractivity contribution >= 4 is 17.1 Å². The molecule has 0 saturated carbocycles. The molecule has 0 N–H and O–H groups in total. The van der Waals surface area contributed by atoms with E-state index in [-0.39, 0.29) is 0 Å². The Morgan fingerprint density at radius 2 is 0.960 bits per heavy atom. The van der Waals surface area contributed by atoms with Crippen LogP contribution in [0.15, 0.2) is 36.4 Å². The van der Waals surface area contributed by atoms with Crippen LogP contribution in [0.5, 0.6) is 11.5 Å². The largest absolute Gasteiger partial charge is 0.521 e. The summed E-state index contributed by atoms with van der Waals surface area (Å²) in [7, 11) is -4.76.